The first-order valence-corrected chi connectivity index (χ1v) is 7.00. The van der Waals surface area contributed by atoms with Crippen LogP contribution < -0.4 is 5.32 Å². The Balaban J connectivity index is 2.10. The lowest BCUT2D eigenvalue weighted by atomic mass is 9.84. The average Bonchev–Trinajstić information content (AvgIpc) is 2.39. The van der Waals surface area contributed by atoms with E-state index in [1.807, 2.05) is 25.1 Å². The Morgan fingerprint density at radius 2 is 2.22 bits per heavy atom. The van der Waals surface area contributed by atoms with Gasteiger partial charge in [0.15, 0.2) is 0 Å². The Bertz CT molecular complexity index is 445. The first-order valence-electron chi connectivity index (χ1n) is 7.00. The van der Waals surface area contributed by atoms with Gasteiger partial charge in [0.25, 0.3) is 0 Å². The summed E-state index contributed by atoms with van der Waals surface area (Å²) < 4.78 is 0. The minimum atomic E-state index is 0.539. The largest absolute Gasteiger partial charge is 0.381 e. The number of anilines is 1. The van der Waals surface area contributed by atoms with E-state index in [1.165, 1.54) is 32.1 Å². The van der Waals surface area contributed by atoms with Crippen LogP contribution in [0.25, 0.3) is 0 Å². The van der Waals surface area contributed by atoms with Crippen molar-refractivity contribution in [1.82, 2.24) is 0 Å². The van der Waals surface area contributed by atoms with Crippen LogP contribution in [0.4, 0.5) is 5.69 Å². The minimum absolute atomic E-state index is 0.539. The number of nitrogens with zero attached hydrogens (tertiary/aromatic N) is 1. The van der Waals surface area contributed by atoms with Crippen LogP contribution in [0, 0.1) is 24.2 Å². The summed E-state index contributed by atoms with van der Waals surface area (Å²) in [6.45, 7) is 4.28. The number of rotatable bonds is 3. The van der Waals surface area contributed by atoms with Crippen molar-refractivity contribution in [3.8, 4) is 6.07 Å². The second-order valence-corrected chi connectivity index (χ2v) is 5.39. The predicted octanol–water partition coefficient (Wildman–Crippen LogP) is 4.25. The number of hydrogen-bond acceptors (Lipinski definition) is 2. The summed E-state index contributed by atoms with van der Waals surface area (Å²) in [5, 5.41) is 12.8. The third-order valence-electron chi connectivity index (χ3n) is 4.10. The molecule has 2 nitrogen and oxygen atoms in total. The fourth-order valence-corrected chi connectivity index (χ4v) is 2.95. The highest BCUT2D eigenvalue weighted by Gasteiger charge is 2.21. The predicted molar refractivity (Wildman–Crippen MR) is 75.6 cm³/mol. The molecule has 18 heavy (non-hydrogen) atoms. The van der Waals surface area contributed by atoms with Crippen molar-refractivity contribution in [2.24, 2.45) is 5.92 Å². The Morgan fingerprint density at radius 3 is 2.94 bits per heavy atom. The molecule has 0 bridgehead atoms. The summed E-state index contributed by atoms with van der Waals surface area (Å²) >= 11 is 0. The van der Waals surface area contributed by atoms with Gasteiger partial charge in [0.05, 0.1) is 11.3 Å². The topological polar surface area (TPSA) is 35.8 Å². The second-order valence-electron chi connectivity index (χ2n) is 5.39. The summed E-state index contributed by atoms with van der Waals surface area (Å²) in [6.07, 6.45) is 6.43. The van der Waals surface area contributed by atoms with E-state index in [1.54, 1.807) is 0 Å². The Hall–Kier alpha value is -1.49. The van der Waals surface area contributed by atoms with Gasteiger partial charge in [-0.25, -0.2) is 0 Å². The molecule has 1 aliphatic rings. The van der Waals surface area contributed by atoms with Gasteiger partial charge in [-0.2, -0.15) is 5.26 Å². The number of benzene rings is 1. The monoisotopic (exact) mass is 242 g/mol. The van der Waals surface area contributed by atoms with Crippen molar-refractivity contribution in [2.45, 2.75) is 52.0 Å². The zero-order valence-corrected chi connectivity index (χ0v) is 11.4. The van der Waals surface area contributed by atoms with Crippen LogP contribution in [0.1, 0.15) is 50.2 Å². The fraction of sp³-hybridized carbons (Fsp3) is 0.562. The van der Waals surface area contributed by atoms with Gasteiger partial charge in [-0.05, 0) is 37.3 Å². The number of nitriles is 1. The van der Waals surface area contributed by atoms with Crippen molar-refractivity contribution in [1.29, 1.82) is 5.26 Å². The van der Waals surface area contributed by atoms with Crippen molar-refractivity contribution in [3.05, 3.63) is 29.3 Å². The van der Waals surface area contributed by atoms with Crippen LogP contribution >= 0.6 is 0 Å². The molecule has 1 aromatic rings. The average molecular weight is 242 g/mol. The Morgan fingerprint density at radius 1 is 1.39 bits per heavy atom. The van der Waals surface area contributed by atoms with Crippen LogP contribution in [-0.2, 0) is 0 Å². The molecule has 0 aromatic heterocycles. The molecule has 2 rings (SSSR count). The molecule has 1 fully saturated rings. The maximum atomic E-state index is 9.24. The van der Waals surface area contributed by atoms with Crippen molar-refractivity contribution in [2.75, 3.05) is 5.32 Å². The maximum absolute atomic E-state index is 9.24. The van der Waals surface area contributed by atoms with E-state index in [9.17, 15) is 5.26 Å². The van der Waals surface area contributed by atoms with Crippen LogP contribution in [0.2, 0.25) is 0 Å². The molecule has 0 aliphatic heterocycles. The molecule has 2 unspecified atom stereocenters. The number of aryl methyl sites for hydroxylation is 1. The lowest BCUT2D eigenvalue weighted by molar-refractivity contribution is 0.327. The summed E-state index contributed by atoms with van der Waals surface area (Å²) in [5.74, 6) is 0.853. The molecule has 2 heteroatoms. The summed E-state index contributed by atoms with van der Waals surface area (Å²) in [7, 11) is 0. The van der Waals surface area contributed by atoms with Gasteiger partial charge < -0.3 is 5.32 Å². The normalized spacial score (nSPS) is 23.4. The van der Waals surface area contributed by atoms with Crippen LogP contribution in [0.5, 0.6) is 0 Å². The Kier molecular flexibility index (Phi) is 4.25. The van der Waals surface area contributed by atoms with Crippen molar-refractivity contribution < 1.29 is 0 Å². The molecule has 0 heterocycles. The first-order chi connectivity index (χ1) is 8.74. The standard InChI is InChI=1S/C16H22N2/c1-3-13-7-5-8-14(10-13)18-16-9-4-6-12(2)15(16)11-17/h4,6,9,13-14,18H,3,5,7-8,10H2,1-2H3. The lowest BCUT2D eigenvalue weighted by Gasteiger charge is -2.30. The zero-order chi connectivity index (χ0) is 13.0. The molecule has 1 aliphatic carbocycles. The van der Waals surface area contributed by atoms with Crippen LogP contribution in [0.15, 0.2) is 18.2 Å². The van der Waals surface area contributed by atoms with Crippen molar-refractivity contribution in [3.63, 3.8) is 0 Å². The van der Waals surface area contributed by atoms with E-state index in [0.29, 0.717) is 6.04 Å². The van der Waals surface area contributed by atoms with Gasteiger partial charge >= 0.3 is 0 Å². The molecule has 1 N–H and O–H groups in total. The van der Waals surface area contributed by atoms with E-state index >= 15 is 0 Å². The summed E-state index contributed by atoms with van der Waals surface area (Å²) in [4.78, 5) is 0. The van der Waals surface area contributed by atoms with E-state index in [4.69, 9.17) is 0 Å². The van der Waals surface area contributed by atoms with Gasteiger partial charge in [-0.15, -0.1) is 0 Å². The van der Waals surface area contributed by atoms with Gasteiger partial charge in [0, 0.05) is 6.04 Å². The summed E-state index contributed by atoms with van der Waals surface area (Å²) in [6, 6.07) is 8.91. The maximum Gasteiger partial charge on any atom is 0.102 e. The summed E-state index contributed by atoms with van der Waals surface area (Å²) in [5.41, 5.74) is 2.88. The molecular formula is C16H22N2. The molecular weight excluding hydrogens is 220 g/mol. The van der Waals surface area contributed by atoms with E-state index in [2.05, 4.69) is 18.3 Å². The smallest absolute Gasteiger partial charge is 0.102 e. The first kappa shape index (κ1) is 13.0. The van der Waals surface area contributed by atoms with Gasteiger partial charge in [-0.1, -0.05) is 38.3 Å². The molecule has 1 saturated carbocycles. The quantitative estimate of drug-likeness (QED) is 0.860. The molecule has 2 atom stereocenters. The van der Waals surface area contributed by atoms with Crippen LogP contribution in [0.3, 0.4) is 0 Å². The number of nitrogens with one attached hydrogen (secondary N) is 1. The third kappa shape index (κ3) is 2.85. The molecule has 0 radical (unpaired) electrons. The van der Waals surface area contributed by atoms with E-state index < -0.39 is 0 Å². The second kappa shape index (κ2) is 5.91. The molecule has 1 aromatic carbocycles. The lowest BCUT2D eigenvalue weighted by Crippen LogP contribution is -2.27. The van der Waals surface area contributed by atoms with Gasteiger partial charge in [0.2, 0.25) is 0 Å². The molecule has 0 amide bonds. The van der Waals surface area contributed by atoms with Crippen molar-refractivity contribution >= 4 is 5.69 Å². The highest BCUT2D eigenvalue weighted by atomic mass is 14.9. The highest BCUT2D eigenvalue weighted by molar-refractivity contribution is 5.61. The Labute approximate surface area is 110 Å². The fourth-order valence-electron chi connectivity index (χ4n) is 2.95. The van der Waals surface area contributed by atoms with Crippen LogP contribution in [-0.4, -0.2) is 6.04 Å². The third-order valence-corrected chi connectivity index (χ3v) is 4.10. The van der Waals surface area contributed by atoms with E-state index in [-0.39, 0.29) is 0 Å². The molecule has 96 valence electrons. The minimum Gasteiger partial charge on any atom is -0.381 e. The SMILES string of the molecule is CCC1CCCC(Nc2cccc(C)c2C#N)C1. The highest BCUT2D eigenvalue weighted by Crippen LogP contribution is 2.29. The van der Waals surface area contributed by atoms with Gasteiger partial charge in [-0.3, -0.25) is 0 Å². The zero-order valence-electron chi connectivity index (χ0n) is 11.4. The molecule has 0 saturated heterocycles. The van der Waals surface area contributed by atoms with Gasteiger partial charge in [0.1, 0.15) is 6.07 Å². The molecule has 0 spiro atoms. The van der Waals surface area contributed by atoms with E-state index in [0.717, 1.165) is 22.7 Å². The number of hydrogen-bond donors (Lipinski definition) is 1.